The van der Waals surface area contributed by atoms with Crippen LogP contribution in [0.1, 0.15) is 41.0 Å². The molecule has 0 unspecified atom stereocenters. The number of para-hydroxylation sites is 1. The number of aromatic nitrogens is 1. The minimum absolute atomic E-state index is 0.0868. The molecule has 0 bridgehead atoms. The Balaban J connectivity index is 2.23. The number of sulfonamides is 1. The van der Waals surface area contributed by atoms with Crippen molar-refractivity contribution < 1.29 is 18.0 Å². The smallest absolute Gasteiger partial charge is 0.267 e. The van der Waals surface area contributed by atoms with Gasteiger partial charge >= 0.3 is 0 Å². The zero-order valence-corrected chi connectivity index (χ0v) is 14.8. The fourth-order valence-electron chi connectivity index (χ4n) is 2.90. The molecule has 2 aromatic heterocycles. The van der Waals surface area contributed by atoms with Gasteiger partial charge in [0.05, 0.1) is 22.3 Å². The molecule has 6 nitrogen and oxygen atoms in total. The number of nitrogens with one attached hydrogen (secondary N) is 1. The molecule has 7 heteroatoms. The summed E-state index contributed by atoms with van der Waals surface area (Å²) in [5.74, 6) is -0.865. The Morgan fingerprint density at radius 3 is 2.48 bits per heavy atom. The van der Waals surface area contributed by atoms with Crippen molar-refractivity contribution >= 4 is 38.1 Å². The number of hydrogen-bond acceptors (Lipinski definition) is 4. The summed E-state index contributed by atoms with van der Waals surface area (Å²) in [4.78, 5) is 24.3. The van der Waals surface area contributed by atoms with Gasteiger partial charge in [0, 0.05) is 17.1 Å². The molecule has 0 atom stereocenters. The fraction of sp³-hybridized carbons (Fsp3) is 0.222. The van der Waals surface area contributed by atoms with Crippen molar-refractivity contribution in [2.75, 3.05) is 5.75 Å². The van der Waals surface area contributed by atoms with Crippen LogP contribution >= 0.6 is 0 Å². The van der Waals surface area contributed by atoms with Crippen molar-refractivity contribution in [1.82, 2.24) is 9.12 Å². The van der Waals surface area contributed by atoms with Gasteiger partial charge in [-0.25, -0.2) is 13.1 Å². The molecule has 0 saturated carbocycles. The molecule has 0 aliphatic heterocycles. The van der Waals surface area contributed by atoms with Gasteiger partial charge in [-0.15, -0.1) is 0 Å². The Morgan fingerprint density at radius 1 is 1.08 bits per heavy atom. The molecule has 0 saturated heterocycles. The molecule has 0 radical (unpaired) electrons. The van der Waals surface area contributed by atoms with Gasteiger partial charge in [0.15, 0.2) is 5.78 Å². The highest BCUT2D eigenvalue weighted by atomic mass is 32.2. The maximum atomic E-state index is 12.7. The van der Waals surface area contributed by atoms with Crippen molar-refractivity contribution in [3.63, 3.8) is 0 Å². The molecule has 0 spiro atoms. The van der Waals surface area contributed by atoms with Crippen LogP contribution in [0, 0.1) is 0 Å². The summed E-state index contributed by atoms with van der Waals surface area (Å²) in [5, 5.41) is 0.632. The van der Waals surface area contributed by atoms with Crippen LogP contribution in [-0.4, -0.2) is 30.3 Å². The summed E-state index contributed by atoms with van der Waals surface area (Å²) in [6, 6.07) is 10.5. The number of ketones is 1. The van der Waals surface area contributed by atoms with Gasteiger partial charge in [-0.2, -0.15) is 0 Å². The number of hydrogen-bond donors (Lipinski definition) is 1. The second-order valence-corrected chi connectivity index (χ2v) is 7.71. The van der Waals surface area contributed by atoms with Gasteiger partial charge in [-0.1, -0.05) is 25.1 Å². The van der Waals surface area contributed by atoms with Crippen molar-refractivity contribution in [2.45, 2.75) is 20.3 Å². The van der Waals surface area contributed by atoms with E-state index in [9.17, 15) is 18.0 Å². The number of nitrogens with zero attached hydrogens (tertiary/aromatic N) is 1. The fourth-order valence-corrected chi connectivity index (χ4v) is 3.92. The third-order valence-corrected chi connectivity index (χ3v) is 5.43. The van der Waals surface area contributed by atoms with Gasteiger partial charge in [0.1, 0.15) is 0 Å². The molecular weight excluding hydrogens is 340 g/mol. The molecular formula is C18H18N2O4S. The molecule has 3 aromatic rings. The van der Waals surface area contributed by atoms with E-state index in [4.69, 9.17) is 0 Å². The van der Waals surface area contributed by atoms with E-state index in [0.29, 0.717) is 22.9 Å². The number of rotatable bonds is 5. The van der Waals surface area contributed by atoms with Crippen molar-refractivity contribution in [3.8, 4) is 0 Å². The second-order valence-electron chi connectivity index (χ2n) is 5.87. The van der Waals surface area contributed by atoms with Gasteiger partial charge in [0.25, 0.3) is 5.91 Å². The third-order valence-electron chi connectivity index (χ3n) is 3.99. The monoisotopic (exact) mass is 358 g/mol. The van der Waals surface area contributed by atoms with Crippen molar-refractivity contribution in [3.05, 3.63) is 53.7 Å². The summed E-state index contributed by atoms with van der Waals surface area (Å²) in [6.45, 7) is 3.20. The first-order valence-corrected chi connectivity index (χ1v) is 9.58. The van der Waals surface area contributed by atoms with E-state index in [1.165, 1.54) is 6.92 Å². The molecule has 2 heterocycles. The zero-order valence-electron chi connectivity index (χ0n) is 13.9. The number of pyridine rings is 1. The highest BCUT2D eigenvalue weighted by Crippen LogP contribution is 2.27. The predicted molar refractivity (Wildman–Crippen MR) is 96.5 cm³/mol. The Labute approximate surface area is 145 Å². The van der Waals surface area contributed by atoms with Crippen LogP contribution in [0.5, 0.6) is 0 Å². The summed E-state index contributed by atoms with van der Waals surface area (Å²) < 4.78 is 27.8. The van der Waals surface area contributed by atoms with E-state index >= 15 is 0 Å². The SMILES string of the molecule is CCCS(=O)(=O)NC(=O)c1c2ccccc2n2cc(C(C)=O)ccc12. The van der Waals surface area contributed by atoms with Crippen LogP contribution in [0.3, 0.4) is 0 Å². The molecule has 3 rings (SSSR count). The maximum absolute atomic E-state index is 12.7. The minimum Gasteiger partial charge on any atom is -0.315 e. The molecule has 1 N–H and O–H groups in total. The molecule has 0 fully saturated rings. The van der Waals surface area contributed by atoms with E-state index in [0.717, 1.165) is 5.52 Å². The summed E-state index contributed by atoms with van der Waals surface area (Å²) >= 11 is 0. The van der Waals surface area contributed by atoms with E-state index in [2.05, 4.69) is 4.72 Å². The average molecular weight is 358 g/mol. The molecule has 1 aromatic carbocycles. The van der Waals surface area contributed by atoms with Gasteiger partial charge in [0.2, 0.25) is 10.0 Å². The van der Waals surface area contributed by atoms with Crippen molar-refractivity contribution in [2.24, 2.45) is 0 Å². The quantitative estimate of drug-likeness (QED) is 0.711. The molecule has 0 aliphatic rings. The van der Waals surface area contributed by atoms with Crippen LogP contribution in [0.25, 0.3) is 16.4 Å². The van der Waals surface area contributed by atoms with Crippen LogP contribution in [0.4, 0.5) is 0 Å². The normalized spacial score (nSPS) is 11.8. The Bertz CT molecular complexity index is 1100. The van der Waals surface area contributed by atoms with E-state index in [1.54, 1.807) is 41.8 Å². The average Bonchev–Trinajstić information content (AvgIpc) is 2.88. The number of fused-ring (bicyclic) bond motifs is 3. The van der Waals surface area contributed by atoms with Crippen LogP contribution in [-0.2, 0) is 10.0 Å². The zero-order chi connectivity index (χ0) is 18.2. The van der Waals surface area contributed by atoms with Crippen molar-refractivity contribution in [1.29, 1.82) is 0 Å². The summed E-state index contributed by atoms with van der Waals surface area (Å²) in [7, 11) is -3.68. The second kappa shape index (κ2) is 6.33. The van der Waals surface area contributed by atoms with E-state index in [-0.39, 0.29) is 17.1 Å². The Hall–Kier alpha value is -2.67. The van der Waals surface area contributed by atoms with Gasteiger partial charge in [-0.3, -0.25) is 9.59 Å². The summed E-state index contributed by atoms with van der Waals surface area (Å²) in [6.07, 6.45) is 2.08. The predicted octanol–water partition coefficient (Wildman–Crippen LogP) is 2.76. The number of benzene rings is 1. The van der Waals surface area contributed by atoms with Crippen LogP contribution in [0.2, 0.25) is 0 Å². The lowest BCUT2D eigenvalue weighted by Gasteiger charge is -2.06. The lowest BCUT2D eigenvalue weighted by Crippen LogP contribution is -2.32. The molecule has 0 aliphatic carbocycles. The number of amides is 1. The maximum Gasteiger partial charge on any atom is 0.267 e. The first-order valence-electron chi connectivity index (χ1n) is 7.92. The Kier molecular flexibility index (Phi) is 4.34. The first-order chi connectivity index (χ1) is 11.8. The number of carbonyl (C=O) groups is 2. The molecule has 1 amide bonds. The standard InChI is InChI=1S/C18H18N2O4S/c1-3-10-25(23,24)19-18(22)17-14-6-4-5-7-15(14)20-11-13(12(2)21)8-9-16(17)20/h4-9,11H,3,10H2,1-2H3,(H,19,22). The molecule has 25 heavy (non-hydrogen) atoms. The number of carbonyl (C=O) groups excluding carboxylic acids is 2. The lowest BCUT2D eigenvalue weighted by molar-refractivity contribution is 0.0982. The lowest BCUT2D eigenvalue weighted by atomic mass is 10.1. The number of Topliss-reactive ketones (excluding diaryl/α,β-unsaturated/α-hetero) is 1. The minimum atomic E-state index is -3.68. The van der Waals surface area contributed by atoms with Crippen LogP contribution < -0.4 is 4.72 Å². The van der Waals surface area contributed by atoms with E-state index < -0.39 is 15.9 Å². The largest absolute Gasteiger partial charge is 0.315 e. The third kappa shape index (κ3) is 3.15. The highest BCUT2D eigenvalue weighted by molar-refractivity contribution is 7.90. The molecule has 130 valence electrons. The highest BCUT2D eigenvalue weighted by Gasteiger charge is 2.22. The summed E-state index contributed by atoms with van der Waals surface area (Å²) in [5.41, 5.74) is 2.08. The van der Waals surface area contributed by atoms with E-state index in [1.807, 2.05) is 12.1 Å². The first kappa shape index (κ1) is 17.2. The topological polar surface area (TPSA) is 84.7 Å². The van der Waals surface area contributed by atoms with Gasteiger partial charge < -0.3 is 4.40 Å². The Morgan fingerprint density at radius 2 is 1.80 bits per heavy atom. The van der Waals surface area contributed by atoms with Crippen LogP contribution in [0.15, 0.2) is 42.6 Å². The van der Waals surface area contributed by atoms with Gasteiger partial charge in [-0.05, 0) is 31.5 Å².